The second-order valence-corrected chi connectivity index (χ2v) is 8.69. The number of carbonyl (C=O) groups excluding carboxylic acids is 1. The van der Waals surface area contributed by atoms with Gasteiger partial charge < -0.3 is 10.1 Å². The summed E-state index contributed by atoms with van der Waals surface area (Å²) in [6.07, 6.45) is 0.752. The number of fused-ring (bicyclic) bond motifs is 1. The molecule has 1 N–H and O–H groups in total. The third-order valence-electron chi connectivity index (χ3n) is 4.26. The molecule has 31 heavy (non-hydrogen) atoms. The third-order valence-corrected chi connectivity index (χ3v) is 6.32. The molecule has 4 rings (SSSR count). The lowest BCUT2D eigenvalue weighted by Crippen LogP contribution is -2.16. The van der Waals surface area contributed by atoms with E-state index in [1.54, 1.807) is 24.3 Å². The van der Waals surface area contributed by atoms with E-state index in [-0.39, 0.29) is 18.1 Å². The summed E-state index contributed by atoms with van der Waals surface area (Å²) < 4.78 is 7.11. The molecule has 7 nitrogen and oxygen atoms in total. The van der Waals surface area contributed by atoms with E-state index in [4.69, 9.17) is 4.74 Å². The van der Waals surface area contributed by atoms with Gasteiger partial charge in [-0.25, -0.2) is 4.98 Å². The molecule has 0 saturated heterocycles. The fourth-order valence-electron chi connectivity index (χ4n) is 2.80. The fraction of sp³-hybridized carbons (Fsp3) is 0.182. The summed E-state index contributed by atoms with van der Waals surface area (Å²) in [4.78, 5) is 30.5. The van der Waals surface area contributed by atoms with Crippen molar-refractivity contribution in [2.45, 2.75) is 24.8 Å². The van der Waals surface area contributed by atoms with Crippen LogP contribution in [0.2, 0.25) is 0 Å². The molecule has 0 aliphatic heterocycles. The van der Waals surface area contributed by atoms with Crippen LogP contribution in [-0.4, -0.2) is 26.3 Å². The van der Waals surface area contributed by atoms with Crippen molar-refractivity contribution < 1.29 is 9.53 Å². The summed E-state index contributed by atoms with van der Waals surface area (Å²) in [5.41, 5.74) is 0.955. The number of ether oxygens (including phenoxy) is 1. The molecule has 0 unspecified atom stereocenters. The number of nitrogens with zero attached hydrogens (tertiary/aromatic N) is 3. The van der Waals surface area contributed by atoms with E-state index < -0.39 is 0 Å². The van der Waals surface area contributed by atoms with Gasteiger partial charge in [-0.15, -0.1) is 11.8 Å². The quantitative estimate of drug-likeness (QED) is 0.407. The highest BCUT2D eigenvalue weighted by atomic mass is 32.2. The van der Waals surface area contributed by atoms with Crippen LogP contribution in [0.5, 0.6) is 5.75 Å². The molecule has 0 radical (unpaired) electrons. The molecule has 2 aromatic heterocycles. The first-order valence-corrected chi connectivity index (χ1v) is 11.5. The molecule has 2 heterocycles. The highest BCUT2D eigenvalue weighted by Crippen LogP contribution is 2.21. The zero-order valence-electron chi connectivity index (χ0n) is 16.8. The van der Waals surface area contributed by atoms with Crippen LogP contribution in [0.25, 0.3) is 4.96 Å². The molecule has 9 heteroatoms. The molecule has 0 bridgehead atoms. The average Bonchev–Trinajstić information content (AvgIpc) is 3.21. The van der Waals surface area contributed by atoms with Crippen molar-refractivity contribution in [3.63, 3.8) is 0 Å². The Kier molecular flexibility index (Phi) is 6.63. The standard InChI is InChI=1S/C22H20N4O3S2/c1-2-20-25-26-21(28)12-16(24-22(26)31-20)13-29-17-8-6-7-15(11-17)23-19(27)14-30-18-9-4-3-5-10-18/h3-12H,2,13-14H2,1H3,(H,23,27). The molecule has 0 spiro atoms. The van der Waals surface area contributed by atoms with E-state index in [1.165, 1.54) is 33.7 Å². The van der Waals surface area contributed by atoms with Gasteiger partial charge in [0.2, 0.25) is 10.9 Å². The number of aromatic nitrogens is 3. The van der Waals surface area contributed by atoms with Gasteiger partial charge in [0, 0.05) is 22.7 Å². The number of hydrogen-bond donors (Lipinski definition) is 1. The molecule has 4 aromatic rings. The molecule has 0 saturated carbocycles. The van der Waals surface area contributed by atoms with Gasteiger partial charge in [0.25, 0.3) is 5.56 Å². The molecule has 0 aliphatic carbocycles. The number of benzene rings is 2. The fourth-order valence-corrected chi connectivity index (χ4v) is 4.37. The van der Waals surface area contributed by atoms with Gasteiger partial charge in [0.15, 0.2) is 0 Å². The van der Waals surface area contributed by atoms with E-state index in [0.717, 1.165) is 16.3 Å². The number of nitrogens with one attached hydrogen (secondary N) is 1. The Labute approximate surface area is 187 Å². The van der Waals surface area contributed by atoms with Crippen LogP contribution in [0.15, 0.2) is 70.4 Å². The van der Waals surface area contributed by atoms with Crippen LogP contribution in [0.1, 0.15) is 17.6 Å². The van der Waals surface area contributed by atoms with Crippen LogP contribution in [0.3, 0.4) is 0 Å². The Balaban J connectivity index is 1.36. The molecule has 0 atom stereocenters. The highest BCUT2D eigenvalue weighted by molar-refractivity contribution is 8.00. The van der Waals surface area contributed by atoms with Crippen molar-refractivity contribution in [1.82, 2.24) is 14.6 Å². The number of thioether (sulfide) groups is 1. The lowest BCUT2D eigenvalue weighted by molar-refractivity contribution is -0.113. The number of rotatable bonds is 8. The van der Waals surface area contributed by atoms with E-state index in [0.29, 0.717) is 27.8 Å². The van der Waals surface area contributed by atoms with Gasteiger partial charge in [-0.2, -0.15) is 9.61 Å². The van der Waals surface area contributed by atoms with Crippen molar-refractivity contribution in [3.05, 3.63) is 81.7 Å². The molecular weight excluding hydrogens is 432 g/mol. The Morgan fingerprint density at radius 2 is 2.00 bits per heavy atom. The summed E-state index contributed by atoms with van der Waals surface area (Å²) >= 11 is 2.87. The maximum Gasteiger partial charge on any atom is 0.275 e. The van der Waals surface area contributed by atoms with Gasteiger partial charge >= 0.3 is 0 Å². The zero-order valence-corrected chi connectivity index (χ0v) is 18.4. The minimum Gasteiger partial charge on any atom is -0.487 e. The summed E-state index contributed by atoms with van der Waals surface area (Å²) in [6.45, 7) is 2.13. The third kappa shape index (κ3) is 5.50. The molecule has 0 fully saturated rings. The van der Waals surface area contributed by atoms with E-state index >= 15 is 0 Å². The first kappa shape index (κ1) is 21.1. The zero-order chi connectivity index (χ0) is 21.6. The Morgan fingerprint density at radius 3 is 2.81 bits per heavy atom. The topological polar surface area (TPSA) is 85.6 Å². The van der Waals surface area contributed by atoms with Crippen molar-refractivity contribution in [3.8, 4) is 5.75 Å². The molecular formula is C22H20N4O3S2. The minimum atomic E-state index is -0.225. The van der Waals surface area contributed by atoms with Gasteiger partial charge in [-0.05, 0) is 30.7 Å². The Bertz CT molecular complexity index is 1250. The summed E-state index contributed by atoms with van der Waals surface area (Å²) in [6, 6.07) is 18.4. The Morgan fingerprint density at radius 1 is 1.16 bits per heavy atom. The second kappa shape index (κ2) is 9.76. The van der Waals surface area contributed by atoms with Crippen molar-refractivity contribution in [2.24, 2.45) is 0 Å². The van der Waals surface area contributed by atoms with Crippen molar-refractivity contribution in [1.29, 1.82) is 0 Å². The second-order valence-electron chi connectivity index (χ2n) is 6.60. The van der Waals surface area contributed by atoms with Crippen molar-refractivity contribution in [2.75, 3.05) is 11.1 Å². The number of amides is 1. The van der Waals surface area contributed by atoms with Gasteiger partial charge in [0.05, 0.1) is 11.4 Å². The van der Waals surface area contributed by atoms with E-state index in [9.17, 15) is 9.59 Å². The van der Waals surface area contributed by atoms with Crippen LogP contribution >= 0.6 is 23.1 Å². The minimum absolute atomic E-state index is 0.0944. The molecule has 0 aliphatic rings. The molecule has 2 aromatic carbocycles. The predicted octanol–water partition coefficient (Wildman–Crippen LogP) is 4.02. The van der Waals surface area contributed by atoms with Crippen LogP contribution in [0, 0.1) is 0 Å². The maximum atomic E-state index is 12.2. The largest absolute Gasteiger partial charge is 0.487 e. The first-order chi connectivity index (χ1) is 15.1. The number of anilines is 1. The van der Waals surface area contributed by atoms with Gasteiger partial charge in [-0.1, -0.05) is 42.5 Å². The highest BCUT2D eigenvalue weighted by Gasteiger charge is 2.09. The van der Waals surface area contributed by atoms with E-state index in [1.807, 2.05) is 37.3 Å². The Hall–Kier alpha value is -3.17. The summed E-state index contributed by atoms with van der Waals surface area (Å²) in [7, 11) is 0. The van der Waals surface area contributed by atoms with Crippen LogP contribution in [0.4, 0.5) is 5.69 Å². The van der Waals surface area contributed by atoms with E-state index in [2.05, 4.69) is 15.4 Å². The summed E-state index contributed by atoms with van der Waals surface area (Å²) in [5.74, 6) is 0.800. The van der Waals surface area contributed by atoms with Gasteiger partial charge in [0.1, 0.15) is 17.4 Å². The maximum absolute atomic E-state index is 12.2. The first-order valence-electron chi connectivity index (χ1n) is 9.70. The predicted molar refractivity (Wildman–Crippen MR) is 123 cm³/mol. The van der Waals surface area contributed by atoms with Crippen molar-refractivity contribution >= 4 is 39.7 Å². The van der Waals surface area contributed by atoms with Crippen LogP contribution in [-0.2, 0) is 17.8 Å². The normalized spacial score (nSPS) is 10.9. The molecule has 158 valence electrons. The lowest BCUT2D eigenvalue weighted by atomic mass is 10.3. The smallest absolute Gasteiger partial charge is 0.275 e. The molecule has 1 amide bonds. The monoisotopic (exact) mass is 452 g/mol. The number of carbonyl (C=O) groups is 1. The number of aryl methyl sites for hydroxylation is 1. The summed E-state index contributed by atoms with van der Waals surface area (Å²) in [5, 5.41) is 7.98. The number of hydrogen-bond acceptors (Lipinski definition) is 7. The van der Waals surface area contributed by atoms with Gasteiger partial charge in [-0.3, -0.25) is 9.59 Å². The average molecular weight is 453 g/mol. The lowest BCUT2D eigenvalue weighted by Gasteiger charge is -2.09. The SMILES string of the molecule is CCc1nn2c(=O)cc(COc3cccc(NC(=O)CSc4ccccc4)c3)nc2s1. The van der Waals surface area contributed by atoms with Crippen LogP contribution < -0.4 is 15.6 Å².